The second kappa shape index (κ2) is 11.2. The highest BCUT2D eigenvalue weighted by Gasteiger charge is 2.59. The Morgan fingerprint density at radius 3 is 2.19 bits per heavy atom. The number of benzene rings is 2. The molecule has 0 unspecified atom stereocenters. The van der Waals surface area contributed by atoms with Crippen LogP contribution in [-0.4, -0.2) is 41.1 Å². The lowest BCUT2D eigenvalue weighted by Gasteiger charge is -2.37. The van der Waals surface area contributed by atoms with E-state index in [1.807, 2.05) is 51.1 Å². The Labute approximate surface area is 245 Å². The van der Waals surface area contributed by atoms with Crippen LogP contribution < -0.4 is 10.1 Å². The highest BCUT2D eigenvalue weighted by atomic mass is 19.4. The number of hydrogen-bond acceptors (Lipinski definition) is 4. The average molecular weight is 587 g/mol. The van der Waals surface area contributed by atoms with Crippen molar-refractivity contribution in [1.29, 1.82) is 0 Å². The Balaban J connectivity index is 1.53. The number of nitrogens with one attached hydrogen (secondary N) is 1. The number of nitrogens with zero attached hydrogens (tertiary/aromatic N) is 1. The van der Waals surface area contributed by atoms with Crippen LogP contribution in [0, 0.1) is 22.7 Å². The third-order valence-electron chi connectivity index (χ3n) is 9.81. The van der Waals surface area contributed by atoms with Crippen LogP contribution in [-0.2, 0) is 22.3 Å². The fourth-order valence-electron chi connectivity index (χ4n) is 7.39. The number of carboxylic acids is 1. The summed E-state index contributed by atoms with van der Waals surface area (Å²) in [5.41, 5.74) is 0.421. The first-order chi connectivity index (χ1) is 19.8. The molecule has 1 aliphatic heterocycles. The zero-order chi connectivity index (χ0) is 30.4. The third kappa shape index (κ3) is 5.90. The van der Waals surface area contributed by atoms with Crippen LogP contribution in [0.4, 0.5) is 13.2 Å². The molecule has 2 N–H and O–H groups in total. The summed E-state index contributed by atoms with van der Waals surface area (Å²) in [7, 11) is 1.33. The Morgan fingerprint density at radius 2 is 1.67 bits per heavy atom. The van der Waals surface area contributed by atoms with E-state index in [4.69, 9.17) is 4.74 Å². The minimum absolute atomic E-state index is 0.0952. The quantitative estimate of drug-likeness (QED) is 0.371. The summed E-state index contributed by atoms with van der Waals surface area (Å²) < 4.78 is 45.4. The Morgan fingerprint density at radius 1 is 1.02 bits per heavy atom. The maximum atomic E-state index is 14.4. The second-order valence-electron chi connectivity index (χ2n) is 13.5. The summed E-state index contributed by atoms with van der Waals surface area (Å²) in [5, 5.41) is 14.2. The molecule has 1 spiro atoms. The zero-order valence-corrected chi connectivity index (χ0v) is 24.7. The van der Waals surface area contributed by atoms with Crippen LogP contribution in [0.15, 0.2) is 48.5 Å². The number of methoxy groups -OCH3 is 1. The molecule has 1 amide bonds. The SMILES string of the molecule is COc1cc(C(F)(F)F)ccc1CN[C@@H]1[C@@H](C(C)(C)C)[C@H](C(=O)O)N(C(=O)C2CCC3(CC2)CC3)[C@@H]1c1ccccc1. The van der Waals surface area contributed by atoms with Crippen LogP contribution >= 0.6 is 0 Å². The lowest BCUT2D eigenvalue weighted by molar-refractivity contribution is -0.154. The molecule has 9 heteroatoms. The van der Waals surface area contributed by atoms with Crippen molar-refractivity contribution in [3.63, 3.8) is 0 Å². The lowest BCUT2D eigenvalue weighted by Crippen LogP contribution is -2.49. The van der Waals surface area contributed by atoms with E-state index in [0.717, 1.165) is 43.4 Å². The van der Waals surface area contributed by atoms with Crippen LogP contribution in [0.25, 0.3) is 0 Å². The van der Waals surface area contributed by atoms with Crippen LogP contribution in [0.1, 0.15) is 82.0 Å². The van der Waals surface area contributed by atoms with Crippen molar-refractivity contribution in [2.24, 2.45) is 22.7 Å². The van der Waals surface area contributed by atoms with Gasteiger partial charge in [-0.05, 0) is 67.1 Å². The van der Waals surface area contributed by atoms with Gasteiger partial charge in [-0.25, -0.2) is 4.79 Å². The third-order valence-corrected chi connectivity index (χ3v) is 9.81. The first-order valence-electron chi connectivity index (χ1n) is 14.8. The molecular formula is C33H41F3N2O4. The first kappa shape index (κ1) is 30.4. The van der Waals surface area contributed by atoms with Crippen molar-refractivity contribution in [3.05, 3.63) is 65.2 Å². The number of halogens is 3. The molecule has 2 aromatic carbocycles. The molecule has 0 radical (unpaired) electrons. The molecule has 0 bridgehead atoms. The predicted molar refractivity (Wildman–Crippen MR) is 153 cm³/mol. The minimum Gasteiger partial charge on any atom is -0.496 e. The van der Waals surface area contributed by atoms with Gasteiger partial charge < -0.3 is 20.1 Å². The topological polar surface area (TPSA) is 78.9 Å². The number of amides is 1. The standard InChI is InChI=1S/C33H41F3N2O4/c1-31(2,3)25-26(37-19-22-10-11-23(33(34,35)36)18-24(22)42-4)27(20-8-6-5-7-9-20)38(28(25)30(40)41)29(39)21-12-14-32(15-13-21)16-17-32/h5-11,18,21,25-28,37H,12-17,19H2,1-4H3,(H,40,41)/t25-,26-,27-,28-/m1/s1. The molecule has 3 fully saturated rings. The zero-order valence-electron chi connectivity index (χ0n) is 24.7. The number of carboxylic acid groups (broad SMARTS) is 1. The predicted octanol–water partition coefficient (Wildman–Crippen LogP) is 6.84. The largest absolute Gasteiger partial charge is 0.496 e. The van der Waals surface area contributed by atoms with Crippen LogP contribution in [0.3, 0.4) is 0 Å². The van der Waals surface area contributed by atoms with E-state index < -0.39 is 47.2 Å². The summed E-state index contributed by atoms with van der Waals surface area (Å²) in [6.45, 7) is 6.08. The summed E-state index contributed by atoms with van der Waals surface area (Å²) in [6, 6.07) is 10.8. The van der Waals surface area contributed by atoms with E-state index in [-0.39, 0.29) is 24.1 Å². The second-order valence-corrected chi connectivity index (χ2v) is 13.5. The summed E-state index contributed by atoms with van der Waals surface area (Å²) in [4.78, 5) is 29.0. The number of carbonyl (C=O) groups excluding carboxylic acids is 1. The summed E-state index contributed by atoms with van der Waals surface area (Å²) in [6.07, 6.45) is 1.47. The van der Waals surface area contributed by atoms with Gasteiger partial charge in [0.2, 0.25) is 5.91 Å². The maximum absolute atomic E-state index is 14.4. The highest BCUT2D eigenvalue weighted by Crippen LogP contribution is 2.58. The van der Waals surface area contributed by atoms with Gasteiger partial charge in [0.05, 0.1) is 18.7 Å². The molecule has 2 aliphatic carbocycles. The molecule has 2 aromatic rings. The van der Waals surface area contributed by atoms with Gasteiger partial charge in [0.1, 0.15) is 11.8 Å². The van der Waals surface area contributed by atoms with Crippen molar-refractivity contribution < 1.29 is 32.6 Å². The molecule has 228 valence electrons. The smallest absolute Gasteiger partial charge is 0.416 e. The summed E-state index contributed by atoms with van der Waals surface area (Å²) >= 11 is 0. The van der Waals surface area contributed by atoms with E-state index in [1.165, 1.54) is 26.0 Å². The van der Waals surface area contributed by atoms with E-state index in [9.17, 15) is 27.9 Å². The molecular weight excluding hydrogens is 545 g/mol. The first-order valence-corrected chi connectivity index (χ1v) is 14.8. The lowest BCUT2D eigenvalue weighted by atomic mass is 9.72. The summed E-state index contributed by atoms with van der Waals surface area (Å²) in [5.74, 6) is -1.77. The van der Waals surface area contributed by atoms with Crippen molar-refractivity contribution in [2.45, 2.75) is 90.1 Å². The van der Waals surface area contributed by atoms with Crippen LogP contribution in [0.5, 0.6) is 5.75 Å². The maximum Gasteiger partial charge on any atom is 0.416 e. The van der Waals surface area contributed by atoms with E-state index in [2.05, 4.69) is 5.32 Å². The fourth-order valence-corrected chi connectivity index (χ4v) is 7.39. The van der Waals surface area contributed by atoms with Gasteiger partial charge >= 0.3 is 12.1 Å². The van der Waals surface area contributed by atoms with Crippen LogP contribution in [0.2, 0.25) is 0 Å². The van der Waals surface area contributed by atoms with Gasteiger partial charge in [-0.15, -0.1) is 0 Å². The number of hydrogen-bond donors (Lipinski definition) is 2. The number of carbonyl (C=O) groups is 2. The van der Waals surface area contributed by atoms with Crippen molar-refractivity contribution in [2.75, 3.05) is 7.11 Å². The molecule has 0 aromatic heterocycles. The van der Waals surface area contributed by atoms with Gasteiger partial charge in [0.15, 0.2) is 0 Å². The monoisotopic (exact) mass is 586 g/mol. The number of likely N-dealkylation sites (tertiary alicyclic amines) is 1. The molecule has 4 atom stereocenters. The van der Waals surface area contributed by atoms with Gasteiger partial charge in [-0.1, -0.05) is 57.2 Å². The Hall–Kier alpha value is -3.07. The normalized spacial score (nSPS) is 25.9. The van der Waals surface area contributed by atoms with Crippen molar-refractivity contribution in [3.8, 4) is 5.75 Å². The minimum atomic E-state index is -4.51. The van der Waals surface area contributed by atoms with Gasteiger partial charge in [-0.2, -0.15) is 13.2 Å². The van der Waals surface area contributed by atoms with Gasteiger partial charge in [0, 0.05) is 30.0 Å². The Bertz CT molecular complexity index is 1290. The van der Waals surface area contributed by atoms with Gasteiger partial charge in [0.25, 0.3) is 0 Å². The molecule has 3 aliphatic rings. The molecule has 42 heavy (non-hydrogen) atoms. The average Bonchev–Trinajstić information content (AvgIpc) is 3.59. The number of aliphatic carboxylic acids is 1. The molecule has 1 heterocycles. The van der Waals surface area contributed by atoms with E-state index >= 15 is 0 Å². The fraction of sp³-hybridized carbons (Fsp3) is 0.576. The Kier molecular flexibility index (Phi) is 8.11. The van der Waals surface area contributed by atoms with Crippen molar-refractivity contribution >= 4 is 11.9 Å². The number of alkyl halides is 3. The number of rotatable bonds is 7. The number of ether oxygens (including phenoxy) is 1. The molecule has 6 nitrogen and oxygen atoms in total. The van der Waals surface area contributed by atoms with Crippen molar-refractivity contribution in [1.82, 2.24) is 10.2 Å². The van der Waals surface area contributed by atoms with E-state index in [0.29, 0.717) is 11.0 Å². The highest BCUT2D eigenvalue weighted by molar-refractivity contribution is 5.87. The molecule has 1 saturated heterocycles. The van der Waals surface area contributed by atoms with E-state index in [1.54, 1.807) is 4.90 Å². The molecule has 5 rings (SSSR count). The van der Waals surface area contributed by atoms with Gasteiger partial charge in [-0.3, -0.25) is 4.79 Å². The molecule has 2 saturated carbocycles.